The van der Waals surface area contributed by atoms with Gasteiger partial charge < -0.3 is 4.74 Å². The first kappa shape index (κ1) is 9.23. The van der Waals surface area contributed by atoms with E-state index >= 15 is 0 Å². The number of carbonyl (C=O) groups is 1. The predicted octanol–water partition coefficient (Wildman–Crippen LogP) is 2.21. The minimum absolute atomic E-state index is 0.411. The van der Waals surface area contributed by atoms with Gasteiger partial charge in [0.05, 0.1) is 6.61 Å². The summed E-state index contributed by atoms with van der Waals surface area (Å²) in [7, 11) is 1.58. The van der Waals surface area contributed by atoms with E-state index in [-0.39, 0.29) is 0 Å². The molecule has 64 valence electrons. The van der Waals surface area contributed by atoms with Crippen molar-refractivity contribution in [2.24, 2.45) is 0 Å². The van der Waals surface area contributed by atoms with Crippen LogP contribution in [0.1, 0.15) is 15.9 Å². The smallest absolute Gasteiger partial charge is 0.252 e. The number of rotatable bonds is 3. The fourth-order valence-corrected chi connectivity index (χ4v) is 1.18. The maximum absolute atomic E-state index is 10.9. The van der Waals surface area contributed by atoms with Crippen molar-refractivity contribution >= 4 is 16.8 Å². The van der Waals surface area contributed by atoms with Gasteiger partial charge in [-0.1, -0.05) is 18.2 Å². The van der Waals surface area contributed by atoms with Gasteiger partial charge in [-0.15, -0.1) is 0 Å². The largest absolute Gasteiger partial charge is 0.380 e. The van der Waals surface area contributed by atoms with E-state index < -0.39 is 5.24 Å². The lowest BCUT2D eigenvalue weighted by Crippen LogP contribution is -1.97. The number of ether oxygens (including phenoxy) is 1. The van der Waals surface area contributed by atoms with Crippen LogP contribution in [0.4, 0.5) is 0 Å². The molecule has 2 nitrogen and oxygen atoms in total. The standard InChI is InChI=1S/C9H9ClO2/c1-12-6-7-4-2-3-5-8(7)9(10)11/h2-5H,6H2,1H3. The number of methoxy groups -OCH3 is 1. The van der Waals surface area contributed by atoms with Crippen LogP contribution in [-0.2, 0) is 11.3 Å². The van der Waals surface area contributed by atoms with Gasteiger partial charge in [-0.3, -0.25) is 4.79 Å². The van der Waals surface area contributed by atoms with Gasteiger partial charge >= 0.3 is 0 Å². The van der Waals surface area contributed by atoms with Crippen molar-refractivity contribution < 1.29 is 9.53 Å². The van der Waals surface area contributed by atoms with Gasteiger partial charge in [-0.05, 0) is 23.2 Å². The molecule has 0 bridgehead atoms. The molecule has 0 amide bonds. The molecule has 1 aromatic carbocycles. The fourth-order valence-electron chi connectivity index (χ4n) is 0.993. The Bertz CT molecular complexity index is 284. The summed E-state index contributed by atoms with van der Waals surface area (Å²) in [5, 5.41) is -0.442. The van der Waals surface area contributed by atoms with E-state index in [1.807, 2.05) is 12.1 Å². The Hall–Kier alpha value is -0.860. The van der Waals surface area contributed by atoms with Crippen LogP contribution in [0.2, 0.25) is 0 Å². The summed E-state index contributed by atoms with van der Waals surface area (Å²) >= 11 is 5.35. The van der Waals surface area contributed by atoms with Crippen LogP contribution in [0.3, 0.4) is 0 Å². The average molecular weight is 185 g/mol. The van der Waals surface area contributed by atoms with E-state index in [1.54, 1.807) is 19.2 Å². The highest BCUT2D eigenvalue weighted by Gasteiger charge is 2.06. The second-order valence-corrected chi connectivity index (χ2v) is 2.71. The summed E-state index contributed by atoms with van der Waals surface area (Å²) < 4.78 is 4.91. The van der Waals surface area contributed by atoms with E-state index in [1.165, 1.54) is 0 Å². The quantitative estimate of drug-likeness (QED) is 0.674. The normalized spacial score (nSPS) is 9.83. The molecular formula is C9H9ClO2. The average Bonchev–Trinajstić information content (AvgIpc) is 2.05. The van der Waals surface area contributed by atoms with E-state index in [9.17, 15) is 4.79 Å². The van der Waals surface area contributed by atoms with Crippen molar-refractivity contribution in [2.75, 3.05) is 7.11 Å². The van der Waals surface area contributed by atoms with Gasteiger partial charge in [0, 0.05) is 12.7 Å². The van der Waals surface area contributed by atoms with Crippen LogP contribution in [0.15, 0.2) is 24.3 Å². The Kier molecular flexibility index (Phi) is 3.26. The lowest BCUT2D eigenvalue weighted by Gasteiger charge is -2.02. The van der Waals surface area contributed by atoms with E-state index in [0.29, 0.717) is 12.2 Å². The van der Waals surface area contributed by atoms with Crippen molar-refractivity contribution in [3.05, 3.63) is 35.4 Å². The molecule has 0 N–H and O–H groups in total. The summed E-state index contributed by atoms with van der Waals surface area (Å²) in [4.78, 5) is 10.9. The third-order valence-corrected chi connectivity index (χ3v) is 1.73. The lowest BCUT2D eigenvalue weighted by atomic mass is 10.1. The summed E-state index contributed by atoms with van der Waals surface area (Å²) in [6, 6.07) is 7.12. The van der Waals surface area contributed by atoms with Crippen molar-refractivity contribution in [2.45, 2.75) is 6.61 Å². The van der Waals surface area contributed by atoms with E-state index in [2.05, 4.69) is 0 Å². The van der Waals surface area contributed by atoms with Crippen LogP contribution >= 0.6 is 11.6 Å². The minimum atomic E-state index is -0.442. The summed E-state index contributed by atoms with van der Waals surface area (Å²) in [5.41, 5.74) is 1.33. The maximum Gasteiger partial charge on any atom is 0.252 e. The van der Waals surface area contributed by atoms with Gasteiger partial charge in [0.2, 0.25) is 0 Å². The third kappa shape index (κ3) is 2.06. The Balaban J connectivity index is 3.00. The molecule has 0 spiro atoms. The lowest BCUT2D eigenvalue weighted by molar-refractivity contribution is 0.107. The fraction of sp³-hybridized carbons (Fsp3) is 0.222. The molecule has 12 heavy (non-hydrogen) atoms. The molecule has 0 fully saturated rings. The van der Waals surface area contributed by atoms with Crippen LogP contribution in [0.25, 0.3) is 0 Å². The molecule has 0 aliphatic rings. The highest BCUT2D eigenvalue weighted by Crippen LogP contribution is 2.11. The predicted molar refractivity (Wildman–Crippen MR) is 47.3 cm³/mol. The van der Waals surface area contributed by atoms with E-state index in [0.717, 1.165) is 5.56 Å². The first-order valence-corrected chi connectivity index (χ1v) is 3.90. The molecule has 0 aliphatic carbocycles. The van der Waals surface area contributed by atoms with Crippen molar-refractivity contribution in [1.82, 2.24) is 0 Å². The summed E-state index contributed by atoms with van der Waals surface area (Å²) in [5.74, 6) is 0. The number of hydrogen-bond donors (Lipinski definition) is 0. The molecule has 0 saturated carbocycles. The van der Waals surface area contributed by atoms with Gasteiger partial charge in [0.25, 0.3) is 5.24 Å². The van der Waals surface area contributed by atoms with Crippen LogP contribution < -0.4 is 0 Å². The monoisotopic (exact) mass is 184 g/mol. The molecule has 0 aliphatic heterocycles. The van der Waals surface area contributed by atoms with Gasteiger partial charge in [-0.25, -0.2) is 0 Å². The number of hydrogen-bond acceptors (Lipinski definition) is 2. The van der Waals surface area contributed by atoms with Gasteiger partial charge in [-0.2, -0.15) is 0 Å². The first-order valence-electron chi connectivity index (χ1n) is 3.52. The zero-order valence-corrected chi connectivity index (χ0v) is 7.47. The maximum atomic E-state index is 10.9. The molecule has 0 unspecified atom stereocenters. The SMILES string of the molecule is COCc1ccccc1C(=O)Cl. The molecule has 0 heterocycles. The molecule has 3 heteroatoms. The van der Waals surface area contributed by atoms with Gasteiger partial charge in [0.15, 0.2) is 0 Å². The van der Waals surface area contributed by atoms with E-state index in [4.69, 9.17) is 16.3 Å². The molecule has 0 saturated heterocycles. The van der Waals surface area contributed by atoms with Crippen LogP contribution in [0, 0.1) is 0 Å². The highest BCUT2D eigenvalue weighted by molar-refractivity contribution is 6.67. The second-order valence-electron chi connectivity index (χ2n) is 2.36. The highest BCUT2D eigenvalue weighted by atomic mass is 35.5. The molecule has 0 atom stereocenters. The summed E-state index contributed by atoms with van der Waals surface area (Å²) in [6.45, 7) is 0.411. The van der Waals surface area contributed by atoms with Crippen molar-refractivity contribution in [3.8, 4) is 0 Å². The van der Waals surface area contributed by atoms with Crippen LogP contribution in [-0.4, -0.2) is 12.4 Å². The number of benzene rings is 1. The Morgan fingerprint density at radius 2 is 2.17 bits per heavy atom. The molecular weight excluding hydrogens is 176 g/mol. The number of carbonyl (C=O) groups excluding carboxylic acids is 1. The molecule has 0 radical (unpaired) electrons. The van der Waals surface area contributed by atoms with Gasteiger partial charge in [0.1, 0.15) is 0 Å². The second kappa shape index (κ2) is 4.24. The Morgan fingerprint density at radius 3 is 2.75 bits per heavy atom. The zero-order valence-electron chi connectivity index (χ0n) is 6.71. The minimum Gasteiger partial charge on any atom is -0.380 e. The van der Waals surface area contributed by atoms with Crippen molar-refractivity contribution in [3.63, 3.8) is 0 Å². The molecule has 0 aromatic heterocycles. The zero-order chi connectivity index (χ0) is 8.97. The third-order valence-electron chi connectivity index (χ3n) is 1.53. The first-order chi connectivity index (χ1) is 5.75. The summed E-state index contributed by atoms with van der Waals surface area (Å²) in [6.07, 6.45) is 0. The number of halogens is 1. The Labute approximate surface area is 76.1 Å². The molecule has 1 aromatic rings. The van der Waals surface area contributed by atoms with Crippen molar-refractivity contribution in [1.29, 1.82) is 0 Å². The molecule has 1 rings (SSSR count). The Morgan fingerprint density at radius 1 is 1.50 bits per heavy atom. The van der Waals surface area contributed by atoms with Crippen LogP contribution in [0.5, 0.6) is 0 Å². The topological polar surface area (TPSA) is 26.3 Å².